The highest BCUT2D eigenvalue weighted by molar-refractivity contribution is 5.97. The molecule has 0 atom stereocenters. The third-order valence-electron chi connectivity index (χ3n) is 5.06. The van der Waals surface area contributed by atoms with Crippen molar-refractivity contribution in [2.24, 2.45) is 5.41 Å². The lowest BCUT2D eigenvalue weighted by Crippen LogP contribution is -2.37. The lowest BCUT2D eigenvalue weighted by molar-refractivity contribution is 0.0944. The van der Waals surface area contributed by atoms with Crippen LogP contribution in [0.1, 0.15) is 56.0 Å². The lowest BCUT2D eigenvalue weighted by Gasteiger charge is -2.23. The van der Waals surface area contributed by atoms with Gasteiger partial charge in [0, 0.05) is 24.7 Å². The molecule has 3 N–H and O–H groups in total. The summed E-state index contributed by atoms with van der Waals surface area (Å²) in [5, 5.41) is 21.2. The Morgan fingerprint density at radius 3 is 2.69 bits per heavy atom. The summed E-state index contributed by atoms with van der Waals surface area (Å²) in [6.07, 6.45) is 6.37. The van der Waals surface area contributed by atoms with Crippen LogP contribution in [0, 0.1) is 5.41 Å². The molecule has 1 aliphatic carbocycles. The normalized spacial score (nSPS) is 17.0. The van der Waals surface area contributed by atoms with Gasteiger partial charge in [-0.1, -0.05) is 26.8 Å². The van der Waals surface area contributed by atoms with Crippen molar-refractivity contribution in [3.05, 3.63) is 33.8 Å². The van der Waals surface area contributed by atoms with Crippen molar-refractivity contribution in [3.63, 3.8) is 0 Å². The van der Waals surface area contributed by atoms with Gasteiger partial charge in [0.1, 0.15) is 5.65 Å². The van der Waals surface area contributed by atoms with Crippen LogP contribution in [-0.2, 0) is 6.54 Å². The molecule has 2 aliphatic rings. The number of aromatic hydroxyl groups is 1. The van der Waals surface area contributed by atoms with Crippen LogP contribution in [0.4, 0.5) is 0 Å². The first-order valence-electron chi connectivity index (χ1n) is 9.81. The minimum atomic E-state index is -0.535. The summed E-state index contributed by atoms with van der Waals surface area (Å²) in [7, 11) is 0. The Balaban J connectivity index is 0.00000240. The van der Waals surface area contributed by atoms with Crippen LogP contribution >= 0.6 is 12.4 Å². The maximum absolute atomic E-state index is 13.3. The van der Waals surface area contributed by atoms with Gasteiger partial charge in [0.05, 0.1) is 6.20 Å². The second-order valence-corrected chi connectivity index (χ2v) is 8.88. The smallest absolute Gasteiger partial charge is 0.270 e. The van der Waals surface area contributed by atoms with Crippen LogP contribution in [0.5, 0.6) is 5.88 Å². The molecule has 9 heteroatoms. The monoisotopic (exact) mass is 421 g/mol. The molecule has 1 amide bonds. The molecule has 158 valence electrons. The summed E-state index contributed by atoms with van der Waals surface area (Å²) in [4.78, 5) is 26.0. The SMILES string of the molecule is CC(C)(C)Cn1c(=O)c(C(=O)NC2CC2)c(O)n2ncc(C3=CCNCC3)c12.Cl. The van der Waals surface area contributed by atoms with E-state index < -0.39 is 17.3 Å². The van der Waals surface area contributed by atoms with Crippen molar-refractivity contribution in [2.75, 3.05) is 13.1 Å². The Morgan fingerprint density at radius 2 is 2.10 bits per heavy atom. The highest BCUT2D eigenvalue weighted by Gasteiger charge is 2.31. The Kier molecular flexibility index (Phi) is 5.78. The molecule has 1 fully saturated rings. The van der Waals surface area contributed by atoms with Crippen LogP contribution in [-0.4, -0.2) is 44.3 Å². The number of fused-ring (bicyclic) bond motifs is 1. The first kappa shape index (κ1) is 21.4. The van der Waals surface area contributed by atoms with Crippen LogP contribution in [0.15, 0.2) is 17.1 Å². The zero-order chi connectivity index (χ0) is 20.1. The van der Waals surface area contributed by atoms with E-state index in [1.807, 2.05) is 20.8 Å². The highest BCUT2D eigenvalue weighted by atomic mass is 35.5. The lowest BCUT2D eigenvalue weighted by atomic mass is 9.96. The van der Waals surface area contributed by atoms with E-state index in [1.54, 1.807) is 10.8 Å². The van der Waals surface area contributed by atoms with Gasteiger partial charge in [-0.05, 0) is 36.8 Å². The molecule has 29 heavy (non-hydrogen) atoms. The summed E-state index contributed by atoms with van der Waals surface area (Å²) >= 11 is 0. The molecule has 1 saturated carbocycles. The molecule has 0 unspecified atom stereocenters. The molecule has 1 aliphatic heterocycles. The fourth-order valence-electron chi connectivity index (χ4n) is 3.59. The molecule has 3 heterocycles. The quantitative estimate of drug-likeness (QED) is 0.700. The fraction of sp³-hybridized carbons (Fsp3) is 0.550. The number of amides is 1. The summed E-state index contributed by atoms with van der Waals surface area (Å²) in [6.45, 7) is 8.11. The zero-order valence-electron chi connectivity index (χ0n) is 17.0. The average Bonchev–Trinajstić information content (AvgIpc) is 3.32. The number of carbonyl (C=O) groups is 1. The van der Waals surface area contributed by atoms with Gasteiger partial charge in [-0.15, -0.1) is 12.4 Å². The molecule has 2 aromatic heterocycles. The third kappa shape index (κ3) is 4.18. The summed E-state index contributed by atoms with van der Waals surface area (Å²) in [5.74, 6) is -0.934. The van der Waals surface area contributed by atoms with Crippen LogP contribution < -0.4 is 16.2 Å². The van der Waals surface area contributed by atoms with Gasteiger partial charge >= 0.3 is 0 Å². The van der Waals surface area contributed by atoms with Crippen molar-refractivity contribution in [3.8, 4) is 5.88 Å². The second kappa shape index (κ2) is 7.84. The van der Waals surface area contributed by atoms with Gasteiger partial charge in [-0.2, -0.15) is 9.61 Å². The molecule has 0 spiro atoms. The molecule has 4 rings (SSSR count). The number of hydrogen-bond donors (Lipinski definition) is 3. The van der Waals surface area contributed by atoms with Crippen molar-refractivity contribution in [1.82, 2.24) is 24.8 Å². The summed E-state index contributed by atoms with van der Waals surface area (Å²) in [6, 6.07) is 0.0890. The Morgan fingerprint density at radius 1 is 1.38 bits per heavy atom. The number of nitrogens with zero attached hydrogens (tertiary/aromatic N) is 3. The van der Waals surface area contributed by atoms with E-state index >= 15 is 0 Å². The average molecular weight is 422 g/mol. The maximum atomic E-state index is 13.3. The molecular weight excluding hydrogens is 394 g/mol. The molecule has 8 nitrogen and oxygen atoms in total. The summed E-state index contributed by atoms with van der Waals surface area (Å²) in [5.41, 5.74) is 1.54. The van der Waals surface area contributed by atoms with E-state index in [9.17, 15) is 14.7 Å². The maximum Gasteiger partial charge on any atom is 0.270 e. The first-order valence-corrected chi connectivity index (χ1v) is 9.81. The van der Waals surface area contributed by atoms with Crippen molar-refractivity contribution in [1.29, 1.82) is 0 Å². The van der Waals surface area contributed by atoms with Gasteiger partial charge in [-0.3, -0.25) is 14.2 Å². The van der Waals surface area contributed by atoms with Gasteiger partial charge in [0.2, 0.25) is 5.88 Å². The van der Waals surface area contributed by atoms with Gasteiger partial charge in [-0.25, -0.2) is 0 Å². The number of rotatable bonds is 4. The fourth-order valence-corrected chi connectivity index (χ4v) is 3.59. The minimum Gasteiger partial charge on any atom is -0.492 e. The van der Waals surface area contributed by atoms with E-state index in [0.29, 0.717) is 12.2 Å². The number of nitrogens with one attached hydrogen (secondary N) is 2. The summed E-state index contributed by atoms with van der Waals surface area (Å²) < 4.78 is 2.92. The highest BCUT2D eigenvalue weighted by Crippen LogP contribution is 2.29. The Labute approximate surface area is 175 Å². The van der Waals surface area contributed by atoms with Gasteiger partial charge in [0.15, 0.2) is 5.56 Å². The molecule has 0 aromatic carbocycles. The van der Waals surface area contributed by atoms with Crippen LogP contribution in [0.25, 0.3) is 11.2 Å². The van der Waals surface area contributed by atoms with Gasteiger partial charge < -0.3 is 15.7 Å². The largest absolute Gasteiger partial charge is 0.492 e. The van der Waals surface area contributed by atoms with Gasteiger partial charge in [0.25, 0.3) is 11.5 Å². The molecule has 0 radical (unpaired) electrons. The number of carbonyl (C=O) groups excluding carboxylic acids is 1. The molecule has 0 saturated heterocycles. The second-order valence-electron chi connectivity index (χ2n) is 8.88. The standard InChI is InChI=1S/C20H27N5O3.ClH/c1-20(2,3)11-24-17-14(12-6-8-21-9-7-12)10-22-25(17)19(28)15(18(24)27)16(26)23-13-4-5-13;/h6,10,13,21,28H,4-5,7-9,11H2,1-3H3,(H,23,26);1H. The topological polar surface area (TPSA) is 101 Å². The molecule has 2 aromatic rings. The van der Waals surface area contributed by atoms with E-state index in [0.717, 1.165) is 43.5 Å². The predicted molar refractivity (Wildman–Crippen MR) is 114 cm³/mol. The molecular formula is C20H28ClN5O3. The van der Waals surface area contributed by atoms with Crippen LogP contribution in [0.3, 0.4) is 0 Å². The predicted octanol–water partition coefficient (Wildman–Crippen LogP) is 1.94. The van der Waals surface area contributed by atoms with Crippen molar-refractivity contribution >= 4 is 29.5 Å². The Bertz CT molecular complexity index is 1030. The molecule has 0 bridgehead atoms. The minimum absolute atomic E-state index is 0. The van der Waals surface area contributed by atoms with E-state index in [4.69, 9.17) is 0 Å². The zero-order valence-corrected chi connectivity index (χ0v) is 17.8. The first-order chi connectivity index (χ1) is 13.3. The number of aromatic nitrogens is 3. The van der Waals surface area contributed by atoms with Crippen molar-refractivity contribution in [2.45, 2.75) is 52.6 Å². The van der Waals surface area contributed by atoms with E-state index in [-0.39, 0.29) is 29.4 Å². The Hall–Kier alpha value is -2.32. The van der Waals surface area contributed by atoms with Crippen LogP contribution in [0.2, 0.25) is 0 Å². The van der Waals surface area contributed by atoms with E-state index in [1.165, 1.54) is 4.52 Å². The van der Waals surface area contributed by atoms with Crippen molar-refractivity contribution < 1.29 is 9.90 Å². The van der Waals surface area contributed by atoms with E-state index in [2.05, 4.69) is 21.8 Å². The third-order valence-corrected chi connectivity index (χ3v) is 5.06. The number of halogens is 1. The number of hydrogen-bond acceptors (Lipinski definition) is 5.